The Morgan fingerprint density at radius 1 is 1.07 bits per heavy atom. The second kappa shape index (κ2) is 9.53. The number of aryl methyl sites for hydroxylation is 1. The van der Waals surface area contributed by atoms with Crippen LogP contribution in [0.2, 0.25) is 10.0 Å². The molecular weight excluding hydrogens is 385 g/mol. The third kappa shape index (κ3) is 6.08. The van der Waals surface area contributed by atoms with Gasteiger partial charge in [-0.05, 0) is 36.6 Å². The summed E-state index contributed by atoms with van der Waals surface area (Å²) in [7, 11) is 0. The summed E-state index contributed by atoms with van der Waals surface area (Å²) in [5.74, 6) is -1.01. The second-order valence-electron chi connectivity index (χ2n) is 6.46. The molecule has 0 aromatic heterocycles. The summed E-state index contributed by atoms with van der Waals surface area (Å²) in [4.78, 5) is 24.9. The fourth-order valence-electron chi connectivity index (χ4n) is 2.32. The van der Waals surface area contributed by atoms with Crippen molar-refractivity contribution in [2.75, 3.05) is 0 Å². The molecule has 0 bridgehead atoms. The zero-order valence-electron chi connectivity index (χ0n) is 15.3. The zero-order chi connectivity index (χ0) is 20.0. The van der Waals surface area contributed by atoms with Gasteiger partial charge in [0, 0.05) is 5.02 Å². The maximum absolute atomic E-state index is 12.5. The first-order valence-electron chi connectivity index (χ1n) is 8.43. The topological polar surface area (TPSA) is 70.6 Å². The largest absolute Gasteiger partial charge is 0.340 e. The molecule has 0 spiro atoms. The fourth-order valence-corrected chi connectivity index (χ4v) is 2.81. The number of amides is 2. The Kier molecular flexibility index (Phi) is 7.39. The minimum absolute atomic E-state index is 0.144. The number of hydrogen-bond donors (Lipinski definition) is 2. The van der Waals surface area contributed by atoms with Crippen LogP contribution in [0.3, 0.4) is 0 Å². The first kappa shape index (κ1) is 20.9. The van der Waals surface area contributed by atoms with Crippen LogP contribution in [0.25, 0.3) is 0 Å². The molecule has 0 aliphatic heterocycles. The van der Waals surface area contributed by atoms with Crippen LogP contribution in [0.15, 0.2) is 47.6 Å². The number of carbonyl (C=O) groups is 2. The molecule has 2 aromatic rings. The van der Waals surface area contributed by atoms with Crippen LogP contribution in [0.4, 0.5) is 0 Å². The predicted octanol–water partition coefficient (Wildman–Crippen LogP) is 4.21. The monoisotopic (exact) mass is 405 g/mol. The van der Waals surface area contributed by atoms with Crippen molar-refractivity contribution in [1.82, 2.24) is 10.7 Å². The quantitative estimate of drug-likeness (QED) is 0.558. The highest BCUT2D eigenvalue weighted by molar-refractivity contribution is 6.36. The van der Waals surface area contributed by atoms with Crippen LogP contribution in [0.5, 0.6) is 0 Å². The van der Waals surface area contributed by atoms with Crippen LogP contribution in [0, 0.1) is 12.8 Å². The van der Waals surface area contributed by atoms with Gasteiger partial charge in [-0.3, -0.25) is 9.59 Å². The van der Waals surface area contributed by atoms with Gasteiger partial charge in [0.25, 0.3) is 11.8 Å². The van der Waals surface area contributed by atoms with E-state index in [9.17, 15) is 9.59 Å². The van der Waals surface area contributed by atoms with Gasteiger partial charge in [-0.15, -0.1) is 0 Å². The molecule has 1 unspecified atom stereocenters. The van der Waals surface area contributed by atoms with Crippen molar-refractivity contribution in [2.45, 2.75) is 26.8 Å². The number of benzene rings is 2. The Balaban J connectivity index is 2.04. The van der Waals surface area contributed by atoms with E-state index in [4.69, 9.17) is 23.2 Å². The van der Waals surface area contributed by atoms with Crippen molar-refractivity contribution >= 4 is 41.2 Å². The lowest BCUT2D eigenvalue weighted by molar-refractivity contribution is -0.123. The first-order valence-corrected chi connectivity index (χ1v) is 9.19. The van der Waals surface area contributed by atoms with Crippen LogP contribution in [0.1, 0.15) is 35.3 Å². The van der Waals surface area contributed by atoms with Gasteiger partial charge in [0.05, 0.1) is 16.8 Å². The van der Waals surface area contributed by atoms with Gasteiger partial charge in [-0.2, -0.15) is 5.10 Å². The summed E-state index contributed by atoms with van der Waals surface area (Å²) in [5.41, 5.74) is 4.72. The van der Waals surface area contributed by atoms with E-state index in [1.165, 1.54) is 12.1 Å². The van der Waals surface area contributed by atoms with Gasteiger partial charge in [0.1, 0.15) is 6.04 Å². The fraction of sp³-hybridized carbons (Fsp3) is 0.250. The zero-order valence-corrected chi connectivity index (χ0v) is 16.8. The summed E-state index contributed by atoms with van der Waals surface area (Å²) in [6.07, 6.45) is 1.55. The summed E-state index contributed by atoms with van der Waals surface area (Å²) in [5, 5.41) is 7.31. The Labute approximate surface area is 168 Å². The molecule has 2 aromatic carbocycles. The Hall–Kier alpha value is -2.37. The Bertz CT molecular complexity index is 849. The molecule has 27 heavy (non-hydrogen) atoms. The summed E-state index contributed by atoms with van der Waals surface area (Å²) < 4.78 is 0. The van der Waals surface area contributed by atoms with Gasteiger partial charge in [-0.1, -0.05) is 66.9 Å². The van der Waals surface area contributed by atoms with Crippen molar-refractivity contribution < 1.29 is 9.59 Å². The number of nitrogens with zero attached hydrogens (tertiary/aromatic N) is 1. The average Bonchev–Trinajstić information content (AvgIpc) is 2.60. The van der Waals surface area contributed by atoms with Gasteiger partial charge < -0.3 is 5.32 Å². The SMILES string of the molecule is Cc1ccc(C=NNC(=O)C(NC(=O)c2ccc(Cl)cc2Cl)C(C)C)cc1. The second-order valence-corrected chi connectivity index (χ2v) is 7.31. The third-order valence-corrected chi connectivity index (χ3v) is 4.43. The third-order valence-electron chi connectivity index (χ3n) is 3.88. The molecule has 0 aliphatic rings. The van der Waals surface area contributed by atoms with Crippen molar-refractivity contribution in [3.05, 3.63) is 69.2 Å². The van der Waals surface area contributed by atoms with Crippen LogP contribution >= 0.6 is 23.2 Å². The van der Waals surface area contributed by atoms with Gasteiger partial charge in [0.2, 0.25) is 0 Å². The molecule has 2 N–H and O–H groups in total. The maximum Gasteiger partial charge on any atom is 0.262 e. The standard InChI is InChI=1S/C20H21Cl2N3O2/c1-12(2)18(24-19(26)16-9-8-15(21)10-17(16)22)20(27)25-23-11-14-6-4-13(3)5-7-14/h4-12,18H,1-3H3,(H,24,26)(H,25,27). The van der Waals surface area contributed by atoms with Crippen LogP contribution < -0.4 is 10.7 Å². The number of hydrogen-bond acceptors (Lipinski definition) is 3. The molecule has 2 amide bonds. The van der Waals surface area contributed by atoms with Crippen LogP contribution in [-0.2, 0) is 4.79 Å². The highest BCUT2D eigenvalue weighted by Gasteiger charge is 2.25. The minimum atomic E-state index is -0.764. The smallest absolute Gasteiger partial charge is 0.262 e. The number of rotatable bonds is 6. The van der Waals surface area contributed by atoms with E-state index in [2.05, 4.69) is 15.8 Å². The normalized spacial score (nSPS) is 12.2. The molecule has 0 saturated heterocycles. The van der Waals surface area contributed by atoms with E-state index in [0.29, 0.717) is 5.02 Å². The van der Waals surface area contributed by atoms with Crippen molar-refractivity contribution in [1.29, 1.82) is 0 Å². The lowest BCUT2D eigenvalue weighted by Gasteiger charge is -2.20. The van der Waals surface area contributed by atoms with E-state index in [1.807, 2.05) is 45.0 Å². The molecule has 2 rings (SSSR count). The first-order chi connectivity index (χ1) is 12.8. The molecule has 1 atom stereocenters. The minimum Gasteiger partial charge on any atom is -0.340 e. The molecule has 7 heteroatoms. The molecule has 142 valence electrons. The highest BCUT2D eigenvalue weighted by atomic mass is 35.5. The van der Waals surface area contributed by atoms with Gasteiger partial charge >= 0.3 is 0 Å². The van der Waals surface area contributed by atoms with Gasteiger partial charge in [-0.25, -0.2) is 5.43 Å². The van der Waals surface area contributed by atoms with E-state index < -0.39 is 17.9 Å². The Morgan fingerprint density at radius 2 is 1.74 bits per heavy atom. The molecule has 0 fully saturated rings. The number of carbonyl (C=O) groups excluding carboxylic acids is 2. The molecule has 0 radical (unpaired) electrons. The highest BCUT2D eigenvalue weighted by Crippen LogP contribution is 2.21. The maximum atomic E-state index is 12.5. The predicted molar refractivity (Wildman–Crippen MR) is 109 cm³/mol. The summed E-state index contributed by atoms with van der Waals surface area (Å²) in [6, 6.07) is 11.5. The lowest BCUT2D eigenvalue weighted by Crippen LogP contribution is -2.48. The number of halogens is 2. The van der Waals surface area contributed by atoms with Crippen molar-refractivity contribution in [3.63, 3.8) is 0 Å². The van der Waals surface area contributed by atoms with Gasteiger partial charge in [0.15, 0.2) is 0 Å². The van der Waals surface area contributed by atoms with Crippen molar-refractivity contribution in [3.8, 4) is 0 Å². The number of hydrazone groups is 1. The average molecular weight is 406 g/mol. The number of nitrogens with one attached hydrogen (secondary N) is 2. The molecular formula is C20H21Cl2N3O2. The molecule has 0 aliphatic carbocycles. The molecule has 0 saturated carbocycles. The van der Waals surface area contributed by atoms with Crippen LogP contribution in [-0.4, -0.2) is 24.1 Å². The molecule has 0 heterocycles. The molecule has 5 nitrogen and oxygen atoms in total. The van der Waals surface area contributed by atoms with E-state index in [1.54, 1.807) is 12.3 Å². The lowest BCUT2D eigenvalue weighted by atomic mass is 10.0. The van der Waals surface area contributed by atoms with E-state index >= 15 is 0 Å². The summed E-state index contributed by atoms with van der Waals surface area (Å²) >= 11 is 11.9. The van der Waals surface area contributed by atoms with E-state index in [0.717, 1.165) is 11.1 Å². The Morgan fingerprint density at radius 3 is 2.33 bits per heavy atom. The summed E-state index contributed by atoms with van der Waals surface area (Å²) in [6.45, 7) is 5.65. The van der Waals surface area contributed by atoms with Crippen molar-refractivity contribution in [2.24, 2.45) is 11.0 Å². The van der Waals surface area contributed by atoms with E-state index in [-0.39, 0.29) is 16.5 Å².